The van der Waals surface area contributed by atoms with Crippen molar-refractivity contribution in [3.63, 3.8) is 0 Å². The van der Waals surface area contributed by atoms with Crippen LogP contribution in [0.25, 0.3) is 11.0 Å². The zero-order valence-corrected chi connectivity index (χ0v) is 13.2. The molecule has 0 saturated carbocycles. The summed E-state index contributed by atoms with van der Waals surface area (Å²) in [6, 6.07) is 12.8. The van der Waals surface area contributed by atoms with Crippen molar-refractivity contribution in [2.24, 2.45) is 0 Å². The molecule has 1 aromatic carbocycles. The van der Waals surface area contributed by atoms with E-state index in [1.807, 2.05) is 18.2 Å². The first-order valence-electron chi connectivity index (χ1n) is 7.54. The van der Waals surface area contributed by atoms with E-state index in [0.29, 0.717) is 5.56 Å². The Kier molecular flexibility index (Phi) is 4.57. The van der Waals surface area contributed by atoms with Gasteiger partial charge in [-0.3, -0.25) is 4.79 Å². The molecule has 0 fully saturated rings. The topological polar surface area (TPSA) is 49.0 Å². The Morgan fingerprint density at radius 3 is 2.75 bits per heavy atom. The molecule has 4 nitrogen and oxygen atoms in total. The third-order valence-corrected chi connectivity index (χ3v) is 3.63. The maximum Gasteiger partial charge on any atom is 0.253 e. The number of aromatic amines is 1. The molecule has 0 bridgehead atoms. The number of hydrogen-bond donors (Lipinski definition) is 1. The molecule has 0 aliphatic rings. The average molecular weight is 321 g/mol. The molecule has 0 radical (unpaired) electrons. The summed E-state index contributed by atoms with van der Waals surface area (Å²) in [7, 11) is 1.58. The van der Waals surface area contributed by atoms with E-state index in [2.05, 4.69) is 21.8 Å². The Balaban J connectivity index is 1.76. The summed E-state index contributed by atoms with van der Waals surface area (Å²) in [6.07, 6.45) is 1.73. The zero-order chi connectivity index (χ0) is 16.9. The SMILES string of the molecule is CN(CCF)C(=O)c1ccc(C#Cc2cc3cccnc3[nH]2)cc1. The highest BCUT2D eigenvalue weighted by atomic mass is 19.1. The van der Waals surface area contributed by atoms with Crippen molar-refractivity contribution >= 4 is 16.9 Å². The Labute approximate surface area is 139 Å². The molecule has 2 aromatic heterocycles. The molecule has 0 atom stereocenters. The van der Waals surface area contributed by atoms with Gasteiger partial charge in [-0.05, 0) is 48.4 Å². The summed E-state index contributed by atoms with van der Waals surface area (Å²) in [6.45, 7) is -0.458. The molecular formula is C19H16FN3O. The van der Waals surface area contributed by atoms with E-state index >= 15 is 0 Å². The van der Waals surface area contributed by atoms with Crippen LogP contribution in [0.1, 0.15) is 21.6 Å². The molecule has 0 unspecified atom stereocenters. The highest BCUT2D eigenvalue weighted by molar-refractivity contribution is 5.94. The lowest BCUT2D eigenvalue weighted by atomic mass is 10.1. The number of aromatic nitrogens is 2. The van der Waals surface area contributed by atoms with Crippen LogP contribution in [-0.4, -0.2) is 41.0 Å². The third-order valence-electron chi connectivity index (χ3n) is 3.63. The molecule has 1 amide bonds. The molecule has 3 rings (SSSR count). The predicted molar refractivity (Wildman–Crippen MR) is 91.5 cm³/mol. The number of nitrogens with one attached hydrogen (secondary N) is 1. The van der Waals surface area contributed by atoms with Crippen LogP contribution in [0.2, 0.25) is 0 Å². The van der Waals surface area contributed by atoms with E-state index < -0.39 is 6.67 Å². The van der Waals surface area contributed by atoms with E-state index in [9.17, 15) is 9.18 Å². The number of carbonyl (C=O) groups is 1. The molecule has 3 aromatic rings. The van der Waals surface area contributed by atoms with Crippen LogP contribution >= 0.6 is 0 Å². The minimum atomic E-state index is -0.550. The van der Waals surface area contributed by atoms with Gasteiger partial charge in [-0.1, -0.05) is 5.92 Å². The smallest absolute Gasteiger partial charge is 0.253 e. The largest absolute Gasteiger partial charge is 0.339 e. The maximum absolute atomic E-state index is 12.3. The Bertz CT molecular complexity index is 886. The molecule has 24 heavy (non-hydrogen) atoms. The van der Waals surface area contributed by atoms with Gasteiger partial charge in [0, 0.05) is 36.3 Å². The van der Waals surface area contributed by atoms with Crippen molar-refractivity contribution in [1.82, 2.24) is 14.9 Å². The maximum atomic E-state index is 12.3. The minimum Gasteiger partial charge on any atom is -0.339 e. The number of halogens is 1. The van der Waals surface area contributed by atoms with Crippen LogP contribution in [0, 0.1) is 11.8 Å². The van der Waals surface area contributed by atoms with Gasteiger partial charge >= 0.3 is 0 Å². The van der Waals surface area contributed by atoms with Crippen molar-refractivity contribution < 1.29 is 9.18 Å². The monoisotopic (exact) mass is 321 g/mol. The van der Waals surface area contributed by atoms with Crippen LogP contribution in [-0.2, 0) is 0 Å². The Morgan fingerprint density at radius 1 is 1.25 bits per heavy atom. The summed E-state index contributed by atoms with van der Waals surface area (Å²) in [5.74, 6) is 5.90. The second-order valence-electron chi connectivity index (χ2n) is 5.37. The number of rotatable bonds is 3. The number of fused-ring (bicyclic) bond motifs is 1. The molecule has 120 valence electrons. The molecule has 0 spiro atoms. The molecular weight excluding hydrogens is 305 g/mol. The van der Waals surface area contributed by atoms with E-state index in [1.54, 1.807) is 37.5 Å². The zero-order valence-electron chi connectivity index (χ0n) is 13.2. The normalized spacial score (nSPS) is 10.2. The van der Waals surface area contributed by atoms with Crippen molar-refractivity contribution in [3.05, 3.63) is 65.5 Å². The first-order chi connectivity index (χ1) is 11.7. The molecule has 5 heteroatoms. The van der Waals surface area contributed by atoms with Gasteiger partial charge in [0.25, 0.3) is 5.91 Å². The number of pyridine rings is 1. The van der Waals surface area contributed by atoms with Crippen LogP contribution in [0.15, 0.2) is 48.7 Å². The number of H-pyrrole nitrogens is 1. The number of alkyl halides is 1. The summed E-state index contributed by atoms with van der Waals surface area (Å²) < 4.78 is 12.3. The summed E-state index contributed by atoms with van der Waals surface area (Å²) in [5.41, 5.74) is 2.91. The van der Waals surface area contributed by atoms with Crippen LogP contribution < -0.4 is 0 Å². The van der Waals surface area contributed by atoms with E-state index in [-0.39, 0.29) is 12.5 Å². The number of amides is 1. The minimum absolute atomic E-state index is 0.0921. The number of hydrogen-bond acceptors (Lipinski definition) is 2. The molecule has 0 saturated heterocycles. The van der Waals surface area contributed by atoms with E-state index in [1.165, 1.54) is 4.90 Å². The van der Waals surface area contributed by atoms with Crippen LogP contribution in [0.4, 0.5) is 4.39 Å². The molecule has 2 heterocycles. The Morgan fingerprint density at radius 2 is 2.04 bits per heavy atom. The van der Waals surface area contributed by atoms with Crippen LogP contribution in [0.5, 0.6) is 0 Å². The molecule has 0 aliphatic carbocycles. The fraction of sp³-hybridized carbons (Fsp3) is 0.158. The summed E-state index contributed by atoms with van der Waals surface area (Å²) in [4.78, 5) is 20.8. The highest BCUT2D eigenvalue weighted by Crippen LogP contribution is 2.11. The second kappa shape index (κ2) is 6.97. The molecule has 1 N–H and O–H groups in total. The van der Waals surface area contributed by atoms with E-state index in [0.717, 1.165) is 22.3 Å². The number of carbonyl (C=O) groups excluding carboxylic acids is 1. The third kappa shape index (κ3) is 3.44. The first kappa shape index (κ1) is 15.8. The average Bonchev–Trinajstić information content (AvgIpc) is 3.03. The predicted octanol–water partition coefficient (Wildman–Crippen LogP) is 3.00. The van der Waals surface area contributed by atoms with Gasteiger partial charge in [0.1, 0.15) is 12.3 Å². The van der Waals surface area contributed by atoms with E-state index in [4.69, 9.17) is 0 Å². The summed E-state index contributed by atoms with van der Waals surface area (Å²) >= 11 is 0. The fourth-order valence-electron chi connectivity index (χ4n) is 2.31. The standard InChI is InChI=1S/C19H16FN3O/c1-23(12-10-20)19(24)15-7-4-14(5-8-15)6-9-17-13-16-3-2-11-21-18(16)22-17/h2-5,7-8,11,13H,10,12H2,1H3,(H,21,22). The lowest BCUT2D eigenvalue weighted by Crippen LogP contribution is -2.28. The van der Waals surface area contributed by atoms with Crippen molar-refractivity contribution in [3.8, 4) is 11.8 Å². The van der Waals surface area contributed by atoms with Crippen molar-refractivity contribution in [1.29, 1.82) is 0 Å². The van der Waals surface area contributed by atoms with Gasteiger partial charge in [-0.2, -0.15) is 0 Å². The summed E-state index contributed by atoms with van der Waals surface area (Å²) in [5, 5.41) is 1.01. The second-order valence-corrected chi connectivity index (χ2v) is 5.37. The lowest BCUT2D eigenvalue weighted by molar-refractivity contribution is 0.0786. The first-order valence-corrected chi connectivity index (χ1v) is 7.54. The molecule has 0 aliphatic heterocycles. The highest BCUT2D eigenvalue weighted by Gasteiger charge is 2.10. The number of nitrogens with zero attached hydrogens (tertiary/aromatic N) is 2. The van der Waals surface area contributed by atoms with Gasteiger partial charge in [0.15, 0.2) is 0 Å². The fourth-order valence-corrected chi connectivity index (χ4v) is 2.31. The van der Waals surface area contributed by atoms with Gasteiger partial charge in [0.05, 0.1) is 5.69 Å². The Hall–Kier alpha value is -3.13. The van der Waals surface area contributed by atoms with Gasteiger partial charge in [-0.25, -0.2) is 9.37 Å². The van der Waals surface area contributed by atoms with Gasteiger partial charge < -0.3 is 9.88 Å². The van der Waals surface area contributed by atoms with Gasteiger partial charge in [-0.15, -0.1) is 0 Å². The van der Waals surface area contributed by atoms with Crippen molar-refractivity contribution in [2.45, 2.75) is 0 Å². The van der Waals surface area contributed by atoms with Crippen LogP contribution in [0.3, 0.4) is 0 Å². The lowest BCUT2D eigenvalue weighted by Gasteiger charge is -2.14. The van der Waals surface area contributed by atoms with Crippen molar-refractivity contribution in [2.75, 3.05) is 20.3 Å². The van der Waals surface area contributed by atoms with Gasteiger partial charge in [0.2, 0.25) is 0 Å². The number of benzene rings is 1. The quantitative estimate of drug-likeness (QED) is 0.754.